The lowest BCUT2D eigenvalue weighted by Crippen LogP contribution is -1.91. The molecular formula is C12H2Br8O2. The molecule has 10 heteroatoms. The van der Waals surface area contributed by atoms with Crippen molar-refractivity contribution in [3.8, 4) is 22.6 Å². The Kier molecular flexibility index (Phi) is 7.01. The molecular weight excluding hydrogens is 815 g/mol. The standard InChI is InChI=1S/C12H2Br8O2/c13-3-1(11(21)9(19)7(17)5(3)15)2-4(14)6(16)8(18)10(20)12(2)22/h21-22H. The molecule has 0 fully saturated rings. The molecule has 0 amide bonds. The van der Waals surface area contributed by atoms with Gasteiger partial charge in [0.1, 0.15) is 11.5 Å². The van der Waals surface area contributed by atoms with Gasteiger partial charge in [0.05, 0.1) is 17.9 Å². The summed E-state index contributed by atoms with van der Waals surface area (Å²) in [6, 6.07) is 0. The van der Waals surface area contributed by atoms with Crippen LogP contribution in [0, 0.1) is 0 Å². The lowest BCUT2D eigenvalue weighted by Gasteiger charge is -2.18. The predicted octanol–water partition coefficient (Wildman–Crippen LogP) is 8.86. The highest BCUT2D eigenvalue weighted by Crippen LogP contribution is 2.56. The van der Waals surface area contributed by atoms with E-state index in [0.717, 1.165) is 0 Å². The molecule has 0 aromatic heterocycles. The summed E-state index contributed by atoms with van der Waals surface area (Å²) in [6.07, 6.45) is 0. The fourth-order valence-corrected chi connectivity index (χ4v) is 6.29. The molecule has 0 saturated heterocycles. The quantitative estimate of drug-likeness (QED) is 0.223. The van der Waals surface area contributed by atoms with Gasteiger partial charge in [-0.3, -0.25) is 0 Å². The Hall–Kier alpha value is 1.88. The van der Waals surface area contributed by atoms with Gasteiger partial charge in [-0.2, -0.15) is 0 Å². The van der Waals surface area contributed by atoms with Crippen LogP contribution in [-0.2, 0) is 0 Å². The van der Waals surface area contributed by atoms with Gasteiger partial charge in [-0.15, -0.1) is 0 Å². The van der Waals surface area contributed by atoms with Crippen molar-refractivity contribution >= 4 is 127 Å². The summed E-state index contributed by atoms with van der Waals surface area (Å²) < 4.78 is 4.85. The molecule has 0 aliphatic rings. The first-order valence-corrected chi connectivity index (χ1v) is 11.6. The number of phenols is 2. The lowest BCUT2D eigenvalue weighted by molar-refractivity contribution is 0.464. The van der Waals surface area contributed by atoms with Gasteiger partial charge in [0.25, 0.3) is 0 Å². The Labute approximate surface area is 193 Å². The fraction of sp³-hybridized carbons (Fsp3) is 0. The average molecular weight is 817 g/mol. The molecule has 0 heterocycles. The largest absolute Gasteiger partial charge is 0.506 e. The maximum atomic E-state index is 10.5. The highest BCUT2D eigenvalue weighted by atomic mass is 79.9. The molecule has 2 aromatic rings. The summed E-state index contributed by atoms with van der Waals surface area (Å²) in [4.78, 5) is 0. The molecule has 0 radical (unpaired) electrons. The normalized spacial score (nSPS) is 11.1. The summed E-state index contributed by atoms with van der Waals surface area (Å²) >= 11 is 27.2. The van der Waals surface area contributed by atoms with Gasteiger partial charge < -0.3 is 10.2 Å². The summed E-state index contributed by atoms with van der Waals surface area (Å²) in [5.74, 6) is -0.0295. The molecule has 2 N–H and O–H groups in total. The predicted molar refractivity (Wildman–Crippen MR) is 117 cm³/mol. The number of rotatable bonds is 1. The fourth-order valence-electron chi connectivity index (χ4n) is 1.70. The van der Waals surface area contributed by atoms with E-state index in [-0.39, 0.29) is 11.5 Å². The minimum Gasteiger partial charge on any atom is -0.506 e. The molecule has 0 saturated carbocycles. The van der Waals surface area contributed by atoms with E-state index in [9.17, 15) is 10.2 Å². The SMILES string of the molecule is Oc1c(Br)c(Br)c(Br)c(Br)c1-c1c(O)c(Br)c(Br)c(Br)c1Br. The molecule has 0 aliphatic carbocycles. The van der Waals surface area contributed by atoms with Gasteiger partial charge in [0, 0.05) is 29.0 Å². The van der Waals surface area contributed by atoms with Crippen LogP contribution in [0.3, 0.4) is 0 Å². The van der Waals surface area contributed by atoms with Crippen molar-refractivity contribution in [2.75, 3.05) is 0 Å². The summed E-state index contributed by atoms with van der Waals surface area (Å²) in [6.45, 7) is 0. The van der Waals surface area contributed by atoms with Gasteiger partial charge in [-0.05, 0) is 127 Å². The zero-order valence-electron chi connectivity index (χ0n) is 9.92. The zero-order chi connectivity index (χ0) is 16.9. The number of benzene rings is 2. The van der Waals surface area contributed by atoms with E-state index < -0.39 is 0 Å². The topological polar surface area (TPSA) is 40.5 Å². The molecule has 118 valence electrons. The van der Waals surface area contributed by atoms with Crippen molar-refractivity contribution in [3.05, 3.63) is 35.8 Å². The van der Waals surface area contributed by atoms with Crippen molar-refractivity contribution in [1.82, 2.24) is 0 Å². The van der Waals surface area contributed by atoms with Crippen molar-refractivity contribution in [3.63, 3.8) is 0 Å². The Bertz CT molecular complexity index is 677. The van der Waals surface area contributed by atoms with Crippen LogP contribution in [0.2, 0.25) is 0 Å². The second kappa shape index (κ2) is 7.63. The van der Waals surface area contributed by atoms with Crippen LogP contribution < -0.4 is 0 Å². The lowest BCUT2D eigenvalue weighted by atomic mass is 10.0. The van der Waals surface area contributed by atoms with E-state index in [4.69, 9.17) is 0 Å². The molecule has 0 bridgehead atoms. The Balaban J connectivity index is 3.03. The Morgan fingerprint density at radius 1 is 0.364 bits per heavy atom. The molecule has 0 aliphatic heterocycles. The molecule has 2 rings (SSSR count). The second-order valence-electron chi connectivity index (χ2n) is 3.96. The van der Waals surface area contributed by atoms with Crippen LogP contribution in [0.1, 0.15) is 0 Å². The Morgan fingerprint density at radius 2 is 0.591 bits per heavy atom. The molecule has 0 unspecified atom stereocenters. The third-order valence-electron chi connectivity index (χ3n) is 2.73. The van der Waals surface area contributed by atoms with E-state index in [1.54, 1.807) is 0 Å². The van der Waals surface area contributed by atoms with Crippen molar-refractivity contribution < 1.29 is 10.2 Å². The van der Waals surface area contributed by atoms with Gasteiger partial charge in [-0.1, -0.05) is 0 Å². The average Bonchev–Trinajstić information content (AvgIpc) is 2.50. The van der Waals surface area contributed by atoms with Crippen LogP contribution in [0.15, 0.2) is 35.8 Å². The smallest absolute Gasteiger partial charge is 0.140 e. The highest BCUT2D eigenvalue weighted by Gasteiger charge is 2.27. The zero-order valence-corrected chi connectivity index (χ0v) is 22.6. The molecule has 22 heavy (non-hydrogen) atoms. The number of hydrogen-bond donors (Lipinski definition) is 2. The monoisotopic (exact) mass is 809 g/mol. The summed E-state index contributed by atoms with van der Waals surface area (Å²) in [5, 5.41) is 21.1. The van der Waals surface area contributed by atoms with Crippen molar-refractivity contribution in [1.29, 1.82) is 0 Å². The van der Waals surface area contributed by atoms with Gasteiger partial charge in [-0.25, -0.2) is 0 Å². The number of halogens is 8. The third kappa shape index (κ3) is 3.29. The van der Waals surface area contributed by atoms with Crippen LogP contribution in [0.4, 0.5) is 0 Å². The summed E-state index contributed by atoms with van der Waals surface area (Å²) in [5.41, 5.74) is 0.862. The van der Waals surface area contributed by atoms with Crippen molar-refractivity contribution in [2.24, 2.45) is 0 Å². The van der Waals surface area contributed by atoms with E-state index in [2.05, 4.69) is 127 Å². The number of hydrogen-bond acceptors (Lipinski definition) is 2. The maximum absolute atomic E-state index is 10.5. The van der Waals surface area contributed by atoms with Crippen molar-refractivity contribution in [2.45, 2.75) is 0 Å². The van der Waals surface area contributed by atoms with Gasteiger partial charge in [0.15, 0.2) is 0 Å². The van der Waals surface area contributed by atoms with E-state index in [1.807, 2.05) is 0 Å². The highest BCUT2D eigenvalue weighted by molar-refractivity contribution is 9.15. The number of phenolic OH excluding ortho intramolecular Hbond substituents is 2. The van der Waals surface area contributed by atoms with Crippen LogP contribution in [0.5, 0.6) is 11.5 Å². The van der Waals surface area contributed by atoms with Crippen LogP contribution in [-0.4, -0.2) is 10.2 Å². The molecule has 0 atom stereocenters. The van der Waals surface area contributed by atoms with Crippen LogP contribution in [0.25, 0.3) is 11.1 Å². The molecule has 2 nitrogen and oxygen atoms in total. The van der Waals surface area contributed by atoms with Gasteiger partial charge in [0.2, 0.25) is 0 Å². The second-order valence-corrected chi connectivity index (χ2v) is 10.3. The maximum Gasteiger partial charge on any atom is 0.140 e. The van der Waals surface area contributed by atoms with E-state index in [1.165, 1.54) is 0 Å². The minimum absolute atomic E-state index is 0.0147. The first kappa shape index (κ1) is 20.2. The molecule has 2 aromatic carbocycles. The first-order chi connectivity index (χ1) is 10.1. The van der Waals surface area contributed by atoms with E-state index in [0.29, 0.717) is 46.9 Å². The summed E-state index contributed by atoms with van der Waals surface area (Å²) in [7, 11) is 0. The first-order valence-electron chi connectivity index (χ1n) is 5.21. The van der Waals surface area contributed by atoms with Crippen LogP contribution >= 0.6 is 127 Å². The number of aromatic hydroxyl groups is 2. The van der Waals surface area contributed by atoms with E-state index >= 15 is 0 Å². The van der Waals surface area contributed by atoms with Gasteiger partial charge >= 0.3 is 0 Å². The Morgan fingerprint density at radius 3 is 0.864 bits per heavy atom. The third-order valence-corrected chi connectivity index (χ3v) is 12.2. The molecule has 0 spiro atoms. The minimum atomic E-state index is -0.0147.